The molecule has 0 radical (unpaired) electrons. The predicted molar refractivity (Wildman–Crippen MR) is 134 cm³/mol. The molecule has 0 aliphatic rings. The van der Waals surface area contributed by atoms with Crippen molar-refractivity contribution in [2.45, 2.75) is 32.7 Å². The van der Waals surface area contributed by atoms with Crippen LogP contribution in [-0.4, -0.2) is 4.98 Å². The molecule has 0 N–H and O–H groups in total. The summed E-state index contributed by atoms with van der Waals surface area (Å²) in [6, 6.07) is 26.2. The Kier molecular flexibility index (Phi) is 4.51. The van der Waals surface area contributed by atoms with E-state index >= 15 is 0 Å². The van der Waals surface area contributed by atoms with E-state index in [4.69, 9.17) is 4.98 Å². The third-order valence-corrected chi connectivity index (χ3v) is 8.71. The maximum atomic E-state index is 5.04. The van der Waals surface area contributed by atoms with Crippen LogP contribution in [0.4, 0.5) is 0 Å². The lowest BCUT2D eigenvalue weighted by molar-refractivity contribution is -0.670. The summed E-state index contributed by atoms with van der Waals surface area (Å²) in [7, 11) is 0. The number of thiazole rings is 2. The molecule has 4 aromatic carbocycles. The van der Waals surface area contributed by atoms with E-state index in [2.05, 4.69) is 91.2 Å². The van der Waals surface area contributed by atoms with Gasteiger partial charge in [-0.25, -0.2) is 4.98 Å². The number of nitrogens with zero attached hydrogens (tertiary/aromatic N) is 2. The Morgan fingerprint density at radius 3 is 2.13 bits per heavy atom. The van der Waals surface area contributed by atoms with Gasteiger partial charge in [-0.05, 0) is 42.3 Å². The van der Waals surface area contributed by atoms with Crippen LogP contribution in [0.5, 0.6) is 0 Å². The van der Waals surface area contributed by atoms with Gasteiger partial charge in [0.2, 0.25) is 10.5 Å². The van der Waals surface area contributed by atoms with Gasteiger partial charge in [0.15, 0.2) is 0 Å². The summed E-state index contributed by atoms with van der Waals surface area (Å²) in [6.07, 6.45) is 1.04. The molecule has 2 aromatic heterocycles. The monoisotopic (exact) mass is 439 g/mol. The number of aryl methyl sites for hydroxylation is 1. The third kappa shape index (κ3) is 2.82. The van der Waals surface area contributed by atoms with Gasteiger partial charge < -0.3 is 0 Å². The van der Waals surface area contributed by atoms with Gasteiger partial charge in [0, 0.05) is 5.39 Å². The molecule has 0 saturated heterocycles. The highest BCUT2D eigenvalue weighted by atomic mass is 32.1. The number of hydrogen-bond acceptors (Lipinski definition) is 3. The lowest BCUT2D eigenvalue weighted by Gasteiger charge is -2.07. The fraction of sp³-hybridized carbons (Fsp3) is 0.185. The molecule has 0 amide bonds. The Morgan fingerprint density at radius 2 is 1.42 bits per heavy atom. The minimum absolute atomic E-state index is 0.312. The Bertz CT molecular complexity index is 1540. The summed E-state index contributed by atoms with van der Waals surface area (Å²) >= 11 is 3.80. The minimum Gasteiger partial charge on any atom is -0.240 e. The molecule has 0 spiro atoms. The maximum Gasteiger partial charge on any atom is 0.248 e. The first kappa shape index (κ1) is 18.9. The second-order valence-corrected chi connectivity index (χ2v) is 10.0. The molecule has 152 valence electrons. The van der Waals surface area contributed by atoms with Crippen LogP contribution in [0.2, 0.25) is 0 Å². The summed E-state index contributed by atoms with van der Waals surface area (Å²) in [5.74, 6) is 0.312. The molecule has 1 atom stereocenters. The van der Waals surface area contributed by atoms with E-state index in [0.29, 0.717) is 5.92 Å². The number of hydrogen-bond donors (Lipinski definition) is 0. The fourth-order valence-corrected chi connectivity index (χ4v) is 7.59. The normalized spacial score (nSPS) is 13.0. The lowest BCUT2D eigenvalue weighted by Crippen LogP contribution is -2.36. The molecule has 4 heteroatoms. The third-order valence-electron chi connectivity index (χ3n) is 6.23. The number of aromatic nitrogens is 2. The van der Waals surface area contributed by atoms with Crippen molar-refractivity contribution in [2.75, 3.05) is 0 Å². The van der Waals surface area contributed by atoms with Crippen LogP contribution >= 0.6 is 22.7 Å². The van der Waals surface area contributed by atoms with Gasteiger partial charge in [-0.15, -0.1) is 11.3 Å². The van der Waals surface area contributed by atoms with Crippen LogP contribution in [0.25, 0.3) is 42.0 Å². The molecule has 1 unspecified atom stereocenters. The van der Waals surface area contributed by atoms with Crippen LogP contribution in [0, 0.1) is 0 Å². The Hall–Kier alpha value is -2.82. The van der Waals surface area contributed by atoms with E-state index in [9.17, 15) is 0 Å². The summed E-state index contributed by atoms with van der Waals surface area (Å²) in [5.41, 5.74) is 2.48. The molecule has 0 aliphatic heterocycles. The molecule has 0 saturated carbocycles. The molecular weight excluding hydrogens is 416 g/mol. The Labute approximate surface area is 189 Å². The molecule has 0 bridgehead atoms. The second-order valence-electron chi connectivity index (χ2n) is 7.93. The average molecular weight is 440 g/mol. The zero-order chi connectivity index (χ0) is 20.9. The van der Waals surface area contributed by atoms with Crippen molar-refractivity contribution < 1.29 is 4.57 Å². The SMILES string of the molecule is CCC(c1nc2ccccc2s1)c1sc2c3ccccc3c3ccccc3c2[n+]1CC. The van der Waals surface area contributed by atoms with Crippen molar-refractivity contribution in [1.29, 1.82) is 0 Å². The van der Waals surface area contributed by atoms with E-state index in [1.807, 2.05) is 22.7 Å². The Morgan fingerprint density at radius 1 is 0.774 bits per heavy atom. The van der Waals surface area contributed by atoms with Crippen LogP contribution < -0.4 is 4.57 Å². The van der Waals surface area contributed by atoms with Crippen LogP contribution in [0.15, 0.2) is 72.8 Å². The molecule has 6 rings (SSSR count). The molecule has 0 aliphatic carbocycles. The van der Waals surface area contributed by atoms with Crippen molar-refractivity contribution >= 4 is 64.7 Å². The van der Waals surface area contributed by atoms with Gasteiger partial charge in [0.1, 0.15) is 22.2 Å². The summed E-state index contributed by atoms with van der Waals surface area (Å²) in [5, 5.41) is 8.03. The van der Waals surface area contributed by atoms with Crippen LogP contribution in [0.1, 0.15) is 36.2 Å². The van der Waals surface area contributed by atoms with Gasteiger partial charge in [0.05, 0.1) is 15.6 Å². The van der Waals surface area contributed by atoms with E-state index in [0.717, 1.165) is 18.5 Å². The highest BCUT2D eigenvalue weighted by Gasteiger charge is 2.32. The molecular formula is C27H23N2S2+. The first-order valence-electron chi connectivity index (χ1n) is 10.9. The molecule has 31 heavy (non-hydrogen) atoms. The summed E-state index contributed by atoms with van der Waals surface area (Å²) in [6.45, 7) is 5.51. The summed E-state index contributed by atoms with van der Waals surface area (Å²) < 4.78 is 5.22. The van der Waals surface area contributed by atoms with E-state index in [1.165, 1.54) is 46.5 Å². The number of rotatable bonds is 4. The van der Waals surface area contributed by atoms with Crippen LogP contribution in [0.3, 0.4) is 0 Å². The van der Waals surface area contributed by atoms with Crippen molar-refractivity contribution in [1.82, 2.24) is 4.98 Å². The highest BCUT2D eigenvalue weighted by molar-refractivity contribution is 7.20. The molecule has 0 fully saturated rings. The number of fused-ring (bicyclic) bond motifs is 7. The zero-order valence-corrected chi connectivity index (χ0v) is 19.3. The molecule has 2 nitrogen and oxygen atoms in total. The lowest BCUT2D eigenvalue weighted by atomic mass is 10.0. The van der Waals surface area contributed by atoms with Crippen molar-refractivity contribution in [3.05, 3.63) is 82.8 Å². The van der Waals surface area contributed by atoms with Crippen molar-refractivity contribution in [3.63, 3.8) is 0 Å². The summed E-state index contributed by atoms with van der Waals surface area (Å²) in [4.78, 5) is 5.04. The topological polar surface area (TPSA) is 16.8 Å². The van der Waals surface area contributed by atoms with E-state index in [-0.39, 0.29) is 0 Å². The zero-order valence-electron chi connectivity index (χ0n) is 17.6. The standard InChI is InChI=1S/C27H23N2S2/c1-3-17(26-28-22-15-9-10-16-23(22)30-26)27-29(4-2)24-20-13-7-5-11-18(20)19-12-6-8-14-21(19)25(24)31-27/h5-17H,3-4H2,1-2H3/q+1. The van der Waals surface area contributed by atoms with E-state index < -0.39 is 0 Å². The average Bonchev–Trinajstić information content (AvgIpc) is 3.42. The van der Waals surface area contributed by atoms with Gasteiger partial charge in [0.25, 0.3) is 0 Å². The molecule has 6 aromatic rings. The largest absolute Gasteiger partial charge is 0.248 e. The quantitative estimate of drug-likeness (QED) is 0.203. The first-order chi connectivity index (χ1) is 15.3. The molecule has 2 heterocycles. The highest BCUT2D eigenvalue weighted by Crippen LogP contribution is 2.41. The minimum atomic E-state index is 0.312. The first-order valence-corrected chi connectivity index (χ1v) is 12.5. The van der Waals surface area contributed by atoms with Gasteiger partial charge in [-0.3, -0.25) is 0 Å². The second kappa shape index (κ2) is 7.40. The number of para-hydroxylation sites is 1. The maximum absolute atomic E-state index is 5.04. The number of benzene rings is 4. The van der Waals surface area contributed by atoms with Crippen molar-refractivity contribution in [3.8, 4) is 0 Å². The van der Waals surface area contributed by atoms with Gasteiger partial charge >= 0.3 is 0 Å². The fourth-order valence-electron chi connectivity index (χ4n) is 4.80. The smallest absolute Gasteiger partial charge is 0.240 e. The van der Waals surface area contributed by atoms with Crippen LogP contribution in [-0.2, 0) is 6.54 Å². The Balaban J connectivity index is 1.70. The van der Waals surface area contributed by atoms with Gasteiger partial charge in [-0.1, -0.05) is 72.9 Å². The van der Waals surface area contributed by atoms with E-state index in [1.54, 1.807) is 0 Å². The van der Waals surface area contributed by atoms with Gasteiger partial charge in [-0.2, -0.15) is 4.57 Å². The van der Waals surface area contributed by atoms with Crippen molar-refractivity contribution in [2.24, 2.45) is 0 Å². The predicted octanol–water partition coefficient (Wildman–Crippen LogP) is 7.67.